The molecular weight excluding hydrogens is 442 g/mol. The molecule has 3 aromatic rings. The largest absolute Gasteiger partial charge is 0.459 e. The zero-order chi connectivity index (χ0) is 24.5. The molecule has 1 heterocycles. The number of hydrogen-bond donors (Lipinski definition) is 2. The average molecular weight is 463 g/mol. The molecule has 1 aromatic heterocycles. The minimum absolute atomic E-state index is 0.0332. The van der Waals surface area contributed by atoms with Gasteiger partial charge in [0.2, 0.25) is 0 Å². The van der Waals surface area contributed by atoms with Crippen LogP contribution in [0.15, 0.2) is 83.1 Å². The van der Waals surface area contributed by atoms with Gasteiger partial charge in [-0.15, -0.1) is 0 Å². The van der Waals surface area contributed by atoms with Crippen LogP contribution in [0.1, 0.15) is 28.6 Å². The van der Waals surface area contributed by atoms with Gasteiger partial charge in [0.15, 0.2) is 5.76 Å². The molecular formula is C24H21N3O7. The monoisotopic (exact) mass is 463 g/mol. The van der Waals surface area contributed by atoms with Crippen molar-refractivity contribution in [2.75, 3.05) is 0 Å². The second kappa shape index (κ2) is 11.2. The van der Waals surface area contributed by atoms with E-state index in [-0.39, 0.29) is 23.8 Å². The second-order valence-electron chi connectivity index (χ2n) is 7.13. The summed E-state index contributed by atoms with van der Waals surface area (Å²) in [6.07, 6.45) is 2.55. The molecule has 0 radical (unpaired) electrons. The van der Waals surface area contributed by atoms with Gasteiger partial charge in [-0.2, -0.15) is 0 Å². The van der Waals surface area contributed by atoms with Crippen molar-refractivity contribution in [2.24, 2.45) is 0 Å². The lowest BCUT2D eigenvalue weighted by atomic mass is 10.1. The molecule has 2 N–H and O–H groups in total. The number of furan rings is 1. The first kappa shape index (κ1) is 23.9. The molecule has 0 aliphatic carbocycles. The highest BCUT2D eigenvalue weighted by atomic mass is 16.6. The fourth-order valence-corrected chi connectivity index (χ4v) is 2.83. The van der Waals surface area contributed by atoms with Crippen molar-refractivity contribution < 1.29 is 28.5 Å². The van der Waals surface area contributed by atoms with Crippen LogP contribution >= 0.6 is 0 Å². The van der Waals surface area contributed by atoms with E-state index in [2.05, 4.69) is 10.6 Å². The van der Waals surface area contributed by atoms with Gasteiger partial charge >= 0.3 is 5.97 Å². The van der Waals surface area contributed by atoms with Crippen LogP contribution in [0.5, 0.6) is 0 Å². The van der Waals surface area contributed by atoms with Gasteiger partial charge in [0.05, 0.1) is 11.2 Å². The lowest BCUT2D eigenvalue weighted by Crippen LogP contribution is -2.43. The van der Waals surface area contributed by atoms with Gasteiger partial charge < -0.3 is 19.8 Å². The summed E-state index contributed by atoms with van der Waals surface area (Å²) in [5.74, 6) is -2.23. The first-order valence-electron chi connectivity index (χ1n) is 10.2. The highest BCUT2D eigenvalue weighted by molar-refractivity contribution is 6.05. The van der Waals surface area contributed by atoms with Gasteiger partial charge in [-0.25, -0.2) is 4.79 Å². The van der Waals surface area contributed by atoms with E-state index in [1.54, 1.807) is 24.3 Å². The van der Waals surface area contributed by atoms with Crippen LogP contribution in [0.4, 0.5) is 5.69 Å². The van der Waals surface area contributed by atoms with Crippen molar-refractivity contribution in [3.8, 4) is 0 Å². The number of carbonyl (C=O) groups is 3. The van der Waals surface area contributed by atoms with Crippen LogP contribution in [0.3, 0.4) is 0 Å². The van der Waals surface area contributed by atoms with E-state index in [1.807, 2.05) is 6.07 Å². The Morgan fingerprint density at radius 2 is 1.85 bits per heavy atom. The third-order valence-electron chi connectivity index (χ3n) is 4.55. The van der Waals surface area contributed by atoms with E-state index in [9.17, 15) is 24.5 Å². The molecule has 0 fully saturated rings. The summed E-state index contributed by atoms with van der Waals surface area (Å²) in [6, 6.07) is 16.4. The average Bonchev–Trinajstić information content (AvgIpc) is 3.38. The minimum Gasteiger partial charge on any atom is -0.459 e. The standard InChI is InChI=1S/C24H21N3O7/c1-16(24(30)34-15-17-7-3-2-4-8-17)25-22(28)20(26-23(29)21-11-6-12-33-21)14-18-9-5-10-19(13-18)27(31)32/h2-14,16H,15H2,1H3,(H,25,28)(H,26,29)/b20-14+/t16-/m1/s1. The molecule has 10 nitrogen and oxygen atoms in total. The number of esters is 1. The number of rotatable bonds is 9. The number of carbonyl (C=O) groups excluding carboxylic acids is 3. The molecule has 34 heavy (non-hydrogen) atoms. The number of nitro benzene ring substituents is 1. The smallest absolute Gasteiger partial charge is 0.328 e. The third kappa shape index (κ3) is 6.63. The molecule has 0 saturated heterocycles. The van der Waals surface area contributed by atoms with Crippen LogP contribution in [-0.2, 0) is 20.9 Å². The Kier molecular flexibility index (Phi) is 7.90. The van der Waals surface area contributed by atoms with Crippen molar-refractivity contribution in [3.05, 3.63) is 106 Å². The zero-order valence-corrected chi connectivity index (χ0v) is 18.1. The van der Waals surface area contributed by atoms with Crippen molar-refractivity contribution in [3.63, 3.8) is 0 Å². The summed E-state index contributed by atoms with van der Waals surface area (Å²) < 4.78 is 10.3. The van der Waals surface area contributed by atoms with Crippen LogP contribution < -0.4 is 10.6 Å². The summed E-state index contributed by atoms with van der Waals surface area (Å²) in [4.78, 5) is 48.1. The lowest BCUT2D eigenvalue weighted by molar-refractivity contribution is -0.384. The number of hydrogen-bond acceptors (Lipinski definition) is 7. The summed E-state index contributed by atoms with van der Waals surface area (Å²) >= 11 is 0. The number of non-ortho nitro benzene ring substituents is 1. The molecule has 0 bridgehead atoms. The van der Waals surface area contributed by atoms with Gasteiger partial charge in [-0.1, -0.05) is 42.5 Å². The quantitative estimate of drug-likeness (QED) is 0.215. The maximum absolute atomic E-state index is 12.9. The van der Waals surface area contributed by atoms with Crippen LogP contribution in [0.2, 0.25) is 0 Å². The van der Waals surface area contributed by atoms with Crippen molar-refractivity contribution >= 4 is 29.5 Å². The first-order chi connectivity index (χ1) is 16.3. The van der Waals surface area contributed by atoms with Gasteiger partial charge in [0, 0.05) is 12.1 Å². The van der Waals surface area contributed by atoms with Crippen LogP contribution in [-0.4, -0.2) is 28.7 Å². The topological polar surface area (TPSA) is 141 Å². The Bertz CT molecular complexity index is 1200. The number of benzene rings is 2. The molecule has 0 aliphatic heterocycles. The van der Waals surface area contributed by atoms with E-state index in [1.165, 1.54) is 55.7 Å². The highest BCUT2D eigenvalue weighted by Gasteiger charge is 2.22. The molecule has 2 amide bonds. The molecule has 10 heteroatoms. The van der Waals surface area contributed by atoms with E-state index < -0.39 is 28.7 Å². The summed E-state index contributed by atoms with van der Waals surface area (Å²) in [6.45, 7) is 1.47. The van der Waals surface area contributed by atoms with Crippen molar-refractivity contribution in [1.29, 1.82) is 0 Å². The van der Waals surface area contributed by atoms with Gasteiger partial charge in [-0.05, 0) is 36.3 Å². The Labute approximate surface area is 194 Å². The molecule has 0 saturated carbocycles. The lowest BCUT2D eigenvalue weighted by Gasteiger charge is -2.15. The molecule has 0 spiro atoms. The Morgan fingerprint density at radius 1 is 1.09 bits per heavy atom. The van der Waals surface area contributed by atoms with Crippen LogP contribution in [0.25, 0.3) is 6.08 Å². The second-order valence-corrected chi connectivity index (χ2v) is 7.13. The van der Waals surface area contributed by atoms with E-state index in [4.69, 9.17) is 9.15 Å². The van der Waals surface area contributed by atoms with Gasteiger partial charge in [-0.3, -0.25) is 19.7 Å². The number of nitrogens with one attached hydrogen (secondary N) is 2. The van der Waals surface area contributed by atoms with Crippen molar-refractivity contribution in [2.45, 2.75) is 19.6 Å². The maximum atomic E-state index is 12.9. The molecule has 2 aromatic carbocycles. The fraction of sp³-hybridized carbons (Fsp3) is 0.125. The molecule has 0 unspecified atom stereocenters. The maximum Gasteiger partial charge on any atom is 0.328 e. The number of nitro groups is 1. The van der Waals surface area contributed by atoms with Gasteiger partial charge in [0.1, 0.15) is 18.3 Å². The molecule has 3 rings (SSSR count). The number of ether oxygens (including phenoxy) is 1. The van der Waals surface area contributed by atoms with E-state index in [0.717, 1.165) is 5.56 Å². The van der Waals surface area contributed by atoms with Gasteiger partial charge in [0.25, 0.3) is 17.5 Å². The van der Waals surface area contributed by atoms with Crippen molar-refractivity contribution in [1.82, 2.24) is 10.6 Å². The molecule has 174 valence electrons. The van der Waals surface area contributed by atoms with E-state index >= 15 is 0 Å². The predicted octanol–water partition coefficient (Wildman–Crippen LogP) is 3.21. The molecule has 1 atom stereocenters. The number of amides is 2. The van der Waals surface area contributed by atoms with Crippen LogP contribution in [0, 0.1) is 10.1 Å². The summed E-state index contributed by atoms with van der Waals surface area (Å²) in [7, 11) is 0. The normalized spacial score (nSPS) is 11.9. The SMILES string of the molecule is C[C@@H](NC(=O)/C(=C\c1cccc([N+](=O)[O-])c1)NC(=O)c1ccco1)C(=O)OCc1ccccc1. The van der Waals surface area contributed by atoms with E-state index in [0.29, 0.717) is 5.56 Å². The highest BCUT2D eigenvalue weighted by Crippen LogP contribution is 2.16. The Balaban J connectivity index is 1.75. The molecule has 0 aliphatic rings. The zero-order valence-electron chi connectivity index (χ0n) is 18.1. The fourth-order valence-electron chi connectivity index (χ4n) is 2.83. The summed E-state index contributed by atoms with van der Waals surface area (Å²) in [5.41, 5.74) is 0.637. The predicted molar refractivity (Wildman–Crippen MR) is 121 cm³/mol. The minimum atomic E-state index is -1.04. The summed E-state index contributed by atoms with van der Waals surface area (Å²) in [5, 5.41) is 15.9. The third-order valence-corrected chi connectivity index (χ3v) is 4.55. The number of nitrogens with zero attached hydrogens (tertiary/aromatic N) is 1. The Morgan fingerprint density at radius 3 is 2.53 bits per heavy atom. The Hall–Kier alpha value is -4.73. The first-order valence-corrected chi connectivity index (χ1v) is 10.2.